The van der Waals surface area contributed by atoms with Crippen LogP contribution in [0.2, 0.25) is 0 Å². The lowest BCUT2D eigenvalue weighted by Crippen LogP contribution is -2.10. The van der Waals surface area contributed by atoms with Crippen LogP contribution >= 0.6 is 0 Å². The molecule has 0 heterocycles. The molecule has 1 aromatic rings. The summed E-state index contributed by atoms with van der Waals surface area (Å²) in [5.41, 5.74) is 8.33. The number of benzene rings is 1. The van der Waals surface area contributed by atoms with Crippen molar-refractivity contribution in [3.05, 3.63) is 42.0 Å². The van der Waals surface area contributed by atoms with Gasteiger partial charge in [0, 0.05) is 6.54 Å². The predicted molar refractivity (Wildman–Crippen MR) is 62.9 cm³/mol. The Morgan fingerprint density at radius 3 is 2.21 bits per heavy atom. The van der Waals surface area contributed by atoms with Crippen molar-refractivity contribution >= 4 is 5.57 Å². The lowest BCUT2D eigenvalue weighted by molar-refractivity contribution is 0.565. The van der Waals surface area contributed by atoms with Crippen molar-refractivity contribution in [3.63, 3.8) is 0 Å². The quantitative estimate of drug-likeness (QED) is 0.760. The van der Waals surface area contributed by atoms with Gasteiger partial charge in [-0.1, -0.05) is 57.2 Å². The van der Waals surface area contributed by atoms with E-state index in [9.17, 15) is 0 Å². The highest BCUT2D eigenvalue weighted by molar-refractivity contribution is 5.69. The van der Waals surface area contributed by atoms with E-state index in [1.807, 2.05) is 6.07 Å². The number of rotatable bonds is 2. The summed E-state index contributed by atoms with van der Waals surface area (Å²) in [6, 6.07) is 10.4. The minimum Gasteiger partial charge on any atom is -0.327 e. The summed E-state index contributed by atoms with van der Waals surface area (Å²) in [6.45, 7) is 7.23. The van der Waals surface area contributed by atoms with Gasteiger partial charge < -0.3 is 5.73 Å². The highest BCUT2D eigenvalue weighted by atomic mass is 14.5. The maximum atomic E-state index is 5.59. The second-order valence-corrected chi connectivity index (χ2v) is 4.47. The summed E-state index contributed by atoms with van der Waals surface area (Å²) in [5.74, 6) is 0. The fourth-order valence-electron chi connectivity index (χ4n) is 1.59. The smallest absolute Gasteiger partial charge is 0.0113 e. The number of hydrogen-bond acceptors (Lipinski definition) is 1. The van der Waals surface area contributed by atoms with Crippen molar-refractivity contribution in [2.45, 2.75) is 20.8 Å². The summed E-state index contributed by atoms with van der Waals surface area (Å²) < 4.78 is 0. The highest BCUT2D eigenvalue weighted by Gasteiger charge is 2.17. The van der Waals surface area contributed by atoms with Gasteiger partial charge in [0.05, 0.1) is 0 Å². The lowest BCUT2D eigenvalue weighted by atomic mass is 9.82. The Bertz CT molecular complexity index is 304. The number of hydrogen-bond donors (Lipinski definition) is 1. The van der Waals surface area contributed by atoms with E-state index in [0.29, 0.717) is 6.54 Å². The van der Waals surface area contributed by atoms with Crippen molar-refractivity contribution in [3.8, 4) is 0 Å². The summed E-state index contributed by atoms with van der Waals surface area (Å²) in [7, 11) is 0. The Morgan fingerprint density at radius 1 is 1.21 bits per heavy atom. The molecule has 0 unspecified atom stereocenters. The molecule has 2 N–H and O–H groups in total. The van der Waals surface area contributed by atoms with E-state index in [0.717, 1.165) is 0 Å². The SMILES string of the molecule is CC(C)(C)/C(=C/CN)c1ccccc1. The molecular weight excluding hydrogens is 170 g/mol. The molecular formula is C13H19N. The van der Waals surface area contributed by atoms with E-state index < -0.39 is 0 Å². The lowest BCUT2D eigenvalue weighted by Gasteiger charge is -2.23. The van der Waals surface area contributed by atoms with Gasteiger partial charge in [-0.15, -0.1) is 0 Å². The first-order valence-electron chi connectivity index (χ1n) is 5.02. The van der Waals surface area contributed by atoms with Crippen LogP contribution in [0.15, 0.2) is 36.4 Å². The summed E-state index contributed by atoms with van der Waals surface area (Å²) in [4.78, 5) is 0. The van der Waals surface area contributed by atoms with Gasteiger partial charge in [0.15, 0.2) is 0 Å². The van der Waals surface area contributed by atoms with E-state index in [2.05, 4.69) is 51.1 Å². The maximum Gasteiger partial charge on any atom is 0.0113 e. The van der Waals surface area contributed by atoms with Crippen LogP contribution in [0.5, 0.6) is 0 Å². The molecule has 1 heteroatoms. The Morgan fingerprint density at radius 2 is 1.79 bits per heavy atom. The Kier molecular flexibility index (Phi) is 3.48. The molecule has 0 bridgehead atoms. The van der Waals surface area contributed by atoms with Gasteiger partial charge in [0.1, 0.15) is 0 Å². The molecule has 0 amide bonds. The molecule has 0 saturated carbocycles. The van der Waals surface area contributed by atoms with E-state index in [-0.39, 0.29) is 5.41 Å². The van der Waals surface area contributed by atoms with Gasteiger partial charge in [-0.05, 0) is 16.6 Å². The average Bonchev–Trinajstić information content (AvgIpc) is 2.14. The molecule has 1 rings (SSSR count). The zero-order chi connectivity index (χ0) is 10.6. The van der Waals surface area contributed by atoms with Crippen LogP contribution in [0.3, 0.4) is 0 Å². The largest absolute Gasteiger partial charge is 0.327 e. The zero-order valence-corrected chi connectivity index (χ0v) is 9.25. The third-order valence-electron chi connectivity index (χ3n) is 2.21. The van der Waals surface area contributed by atoms with Crippen molar-refractivity contribution in [1.29, 1.82) is 0 Å². The molecule has 0 spiro atoms. The van der Waals surface area contributed by atoms with Crippen LogP contribution in [0.1, 0.15) is 26.3 Å². The van der Waals surface area contributed by atoms with E-state index >= 15 is 0 Å². The Labute approximate surface area is 86.6 Å². The van der Waals surface area contributed by atoms with Gasteiger partial charge in [-0.2, -0.15) is 0 Å². The molecule has 0 atom stereocenters. The average molecular weight is 189 g/mol. The van der Waals surface area contributed by atoms with Gasteiger partial charge in [-0.25, -0.2) is 0 Å². The number of nitrogens with two attached hydrogens (primary N) is 1. The van der Waals surface area contributed by atoms with Gasteiger partial charge >= 0.3 is 0 Å². The second-order valence-electron chi connectivity index (χ2n) is 4.47. The molecule has 0 fully saturated rings. The molecule has 0 aromatic heterocycles. The van der Waals surface area contributed by atoms with Crippen LogP contribution in [-0.2, 0) is 0 Å². The molecule has 0 saturated heterocycles. The normalized spacial score (nSPS) is 13.0. The monoisotopic (exact) mass is 189 g/mol. The van der Waals surface area contributed by atoms with Gasteiger partial charge in [0.25, 0.3) is 0 Å². The van der Waals surface area contributed by atoms with Crippen molar-refractivity contribution in [2.75, 3.05) is 6.54 Å². The Balaban J connectivity index is 3.09. The van der Waals surface area contributed by atoms with Crippen molar-refractivity contribution in [2.24, 2.45) is 11.1 Å². The van der Waals surface area contributed by atoms with Crippen LogP contribution in [0, 0.1) is 5.41 Å². The summed E-state index contributed by atoms with van der Waals surface area (Å²) in [5, 5.41) is 0. The van der Waals surface area contributed by atoms with E-state index in [1.54, 1.807) is 0 Å². The maximum absolute atomic E-state index is 5.59. The second kappa shape index (κ2) is 4.43. The molecule has 0 aliphatic heterocycles. The summed E-state index contributed by atoms with van der Waals surface area (Å²) in [6.07, 6.45) is 2.11. The first-order valence-corrected chi connectivity index (χ1v) is 5.02. The van der Waals surface area contributed by atoms with Crippen molar-refractivity contribution < 1.29 is 0 Å². The van der Waals surface area contributed by atoms with Gasteiger partial charge in [-0.3, -0.25) is 0 Å². The van der Waals surface area contributed by atoms with Crippen LogP contribution in [0.4, 0.5) is 0 Å². The molecule has 1 nitrogen and oxygen atoms in total. The molecule has 76 valence electrons. The zero-order valence-electron chi connectivity index (χ0n) is 9.25. The number of allylic oxidation sites excluding steroid dienone is 1. The fraction of sp³-hybridized carbons (Fsp3) is 0.385. The molecule has 1 aromatic carbocycles. The first-order chi connectivity index (χ1) is 6.55. The third-order valence-corrected chi connectivity index (χ3v) is 2.21. The highest BCUT2D eigenvalue weighted by Crippen LogP contribution is 2.33. The molecule has 14 heavy (non-hydrogen) atoms. The fourth-order valence-corrected chi connectivity index (χ4v) is 1.59. The molecule has 0 radical (unpaired) electrons. The minimum atomic E-state index is 0.153. The Hall–Kier alpha value is -1.08. The standard InChI is InChI=1S/C13H19N/c1-13(2,3)12(9-10-14)11-7-5-4-6-8-11/h4-9H,10,14H2,1-3H3/b12-9+. The third kappa shape index (κ3) is 2.71. The van der Waals surface area contributed by atoms with E-state index in [1.165, 1.54) is 11.1 Å². The topological polar surface area (TPSA) is 26.0 Å². The van der Waals surface area contributed by atoms with E-state index in [4.69, 9.17) is 5.73 Å². The first kappa shape index (κ1) is 11.0. The van der Waals surface area contributed by atoms with Crippen LogP contribution in [-0.4, -0.2) is 6.54 Å². The van der Waals surface area contributed by atoms with Crippen molar-refractivity contribution in [1.82, 2.24) is 0 Å². The minimum absolute atomic E-state index is 0.153. The molecule has 0 aliphatic carbocycles. The molecule has 0 aliphatic rings. The van der Waals surface area contributed by atoms with Gasteiger partial charge in [0.2, 0.25) is 0 Å². The van der Waals surface area contributed by atoms with Crippen LogP contribution in [0.25, 0.3) is 5.57 Å². The van der Waals surface area contributed by atoms with Crippen LogP contribution < -0.4 is 5.73 Å². The summed E-state index contributed by atoms with van der Waals surface area (Å²) >= 11 is 0. The predicted octanol–water partition coefficient (Wildman–Crippen LogP) is 3.07.